The molecule has 0 rings (SSSR count). The van der Waals surface area contributed by atoms with E-state index in [4.69, 9.17) is 0 Å². The van der Waals surface area contributed by atoms with E-state index >= 15 is 0 Å². The minimum Gasteiger partial charge on any atom is -0.103 e. The third-order valence-corrected chi connectivity index (χ3v) is 0. The summed E-state index contributed by atoms with van der Waals surface area (Å²) in [5.74, 6) is 0. The second kappa shape index (κ2) is 580. The van der Waals surface area contributed by atoms with E-state index in [-0.39, 0.29) is 0 Å². The molecule has 0 heterocycles. The fraction of sp³-hybridized carbons (Fsp3) is 0.857. The molecule has 14 heavy (non-hydrogen) atoms. The molecule has 0 bridgehead atoms. The van der Waals surface area contributed by atoms with Crippen molar-refractivity contribution in [1.29, 1.82) is 0 Å². The van der Waals surface area contributed by atoms with Gasteiger partial charge in [0.15, 0.2) is 0 Å². The van der Waals surface area contributed by atoms with Gasteiger partial charge >= 0.3 is 0 Å². The first-order valence-corrected chi connectivity index (χ1v) is 6.40. The Balaban J connectivity index is -0.0000000139. The highest BCUT2D eigenvalue weighted by Gasteiger charge is 1.35. The van der Waals surface area contributed by atoms with Gasteiger partial charge in [-0.1, -0.05) is 81.7 Å². The predicted octanol–water partition coefficient (Wildman–Crippen LogP) is 6.71. The lowest BCUT2D eigenvalue weighted by Crippen LogP contribution is -1.27. The quantitative estimate of drug-likeness (QED) is 0.386. The van der Waals surface area contributed by atoms with Crippen molar-refractivity contribution < 1.29 is 0 Å². The van der Waals surface area contributed by atoms with Crippen molar-refractivity contribution in [3.63, 3.8) is 0 Å². The summed E-state index contributed by atoms with van der Waals surface area (Å²) >= 11 is 0. The van der Waals surface area contributed by atoms with E-state index in [1.807, 2.05) is 62.3 Å². The van der Waals surface area contributed by atoms with Crippen LogP contribution in [0, 0.1) is 0 Å². The maximum absolute atomic E-state index is 3.36. The van der Waals surface area contributed by atoms with Crippen LogP contribution in [0.2, 0.25) is 0 Å². The van der Waals surface area contributed by atoms with Crippen molar-refractivity contribution in [1.82, 2.24) is 0 Å². The summed E-state index contributed by atoms with van der Waals surface area (Å²) in [5, 5.41) is 0. The normalized spacial score (nSPS) is 3.93. The maximum Gasteiger partial charge on any atom is -0.0473 e. The molecule has 0 heteroatoms. The van der Waals surface area contributed by atoms with Gasteiger partial charge in [-0.3, -0.25) is 0 Å². The van der Waals surface area contributed by atoms with Gasteiger partial charge in [-0.15, -0.1) is 6.58 Å². The number of rotatable bonds is 0. The SMILES string of the molecule is C=CC.CC.CC.CC.CC.CCC. The van der Waals surface area contributed by atoms with Gasteiger partial charge < -0.3 is 0 Å². The first-order valence-electron chi connectivity index (χ1n) is 6.40. The van der Waals surface area contributed by atoms with Crippen molar-refractivity contribution >= 4 is 0 Å². The molecule has 0 atom stereocenters. The molecule has 0 nitrogen and oxygen atoms in total. The monoisotopic (exact) mass is 206 g/mol. The zero-order valence-electron chi connectivity index (χ0n) is 13.0. The Bertz CT molecular complexity index is 14.0. The lowest BCUT2D eigenvalue weighted by molar-refractivity contribution is 1.09. The van der Waals surface area contributed by atoms with E-state index in [0.29, 0.717) is 0 Å². The molecule has 0 radical (unpaired) electrons. The van der Waals surface area contributed by atoms with Crippen molar-refractivity contribution in [2.45, 2.75) is 82.6 Å². The topological polar surface area (TPSA) is 0 Å². The Morgan fingerprint density at radius 3 is 0.714 bits per heavy atom. The summed E-state index contributed by atoms with van der Waals surface area (Å²) in [7, 11) is 0. The zero-order valence-corrected chi connectivity index (χ0v) is 13.0. The zero-order chi connectivity index (χ0) is 13.4. The third-order valence-electron chi connectivity index (χ3n) is 0. The Hall–Kier alpha value is -0.260. The Morgan fingerprint density at radius 1 is 0.714 bits per heavy atom. The highest BCUT2D eigenvalue weighted by atomic mass is 13.4. The van der Waals surface area contributed by atoms with Crippen LogP contribution in [0.4, 0.5) is 0 Å². The van der Waals surface area contributed by atoms with Crippen LogP contribution in [0.3, 0.4) is 0 Å². The molecule has 0 aliphatic heterocycles. The summed E-state index contributed by atoms with van der Waals surface area (Å²) in [6.45, 7) is 25.5. The smallest absolute Gasteiger partial charge is 0.0473 e. The van der Waals surface area contributed by atoms with Gasteiger partial charge in [0.25, 0.3) is 0 Å². The fourth-order valence-corrected chi connectivity index (χ4v) is 0. The van der Waals surface area contributed by atoms with Crippen LogP contribution in [0.1, 0.15) is 82.6 Å². The fourth-order valence-electron chi connectivity index (χ4n) is 0. The van der Waals surface area contributed by atoms with Crippen molar-refractivity contribution in [3.8, 4) is 0 Å². The molecule has 0 unspecified atom stereocenters. The van der Waals surface area contributed by atoms with Crippen LogP contribution >= 0.6 is 0 Å². The van der Waals surface area contributed by atoms with Crippen molar-refractivity contribution in [3.05, 3.63) is 12.7 Å². The summed E-state index contributed by atoms with van der Waals surface area (Å²) in [5.41, 5.74) is 0. The molecule has 94 valence electrons. The van der Waals surface area contributed by atoms with E-state index in [0.717, 1.165) is 0 Å². The van der Waals surface area contributed by atoms with Gasteiger partial charge in [-0.2, -0.15) is 0 Å². The second-order valence-electron chi connectivity index (χ2n) is 1.12. The van der Waals surface area contributed by atoms with Gasteiger partial charge in [0.1, 0.15) is 0 Å². The van der Waals surface area contributed by atoms with E-state index in [2.05, 4.69) is 20.4 Å². The van der Waals surface area contributed by atoms with Gasteiger partial charge in [0.05, 0.1) is 0 Å². The molecule has 0 N–H and O–H groups in total. The lowest BCUT2D eigenvalue weighted by Gasteiger charge is -1.48. The van der Waals surface area contributed by atoms with Crippen LogP contribution in [0.25, 0.3) is 0 Å². The van der Waals surface area contributed by atoms with Crippen LogP contribution in [-0.4, -0.2) is 0 Å². The molecule has 0 saturated carbocycles. The largest absolute Gasteiger partial charge is 0.103 e. The van der Waals surface area contributed by atoms with Gasteiger partial charge in [-0.25, -0.2) is 0 Å². The standard InChI is InChI=1S/C3H8.C3H6.4C2H6/c2*1-3-2;4*1-2/h3H2,1-2H3;3H,1H2,2H3;4*1-2H3. The summed E-state index contributed by atoms with van der Waals surface area (Å²) in [6, 6.07) is 0. The second-order valence-corrected chi connectivity index (χ2v) is 1.12. The summed E-state index contributed by atoms with van der Waals surface area (Å²) in [6.07, 6.45) is 3.00. The Labute approximate surface area is 95.8 Å². The van der Waals surface area contributed by atoms with Crippen LogP contribution in [-0.2, 0) is 0 Å². The molecule has 0 spiro atoms. The highest BCUT2D eigenvalue weighted by molar-refractivity contribution is 4.51. The molecule has 0 fully saturated rings. The maximum atomic E-state index is 3.36. The molecule has 0 saturated heterocycles. The summed E-state index contributed by atoms with van der Waals surface area (Å²) < 4.78 is 0. The molecular weight excluding hydrogens is 168 g/mol. The van der Waals surface area contributed by atoms with Crippen molar-refractivity contribution in [2.75, 3.05) is 0 Å². The number of allylic oxidation sites excluding steroid dienone is 1. The van der Waals surface area contributed by atoms with E-state index in [1.165, 1.54) is 6.42 Å². The third kappa shape index (κ3) is 20000. The van der Waals surface area contributed by atoms with E-state index in [1.54, 1.807) is 6.08 Å². The van der Waals surface area contributed by atoms with Gasteiger partial charge in [0, 0.05) is 0 Å². The minimum absolute atomic E-state index is 1.25. The average Bonchev–Trinajstić information content (AvgIpc) is 2.31. The first kappa shape index (κ1) is 37.2. The lowest BCUT2D eigenvalue weighted by atomic mass is 10.6. The van der Waals surface area contributed by atoms with Crippen LogP contribution in [0.15, 0.2) is 12.7 Å². The molecular formula is C14H38. The first-order chi connectivity index (χ1) is 6.83. The Kier molecular flexibility index (Phi) is 1540. The Morgan fingerprint density at radius 2 is 0.714 bits per heavy atom. The number of hydrogen-bond acceptors (Lipinski definition) is 0. The average molecular weight is 206 g/mol. The minimum atomic E-state index is 1.25. The molecule has 0 aliphatic carbocycles. The van der Waals surface area contributed by atoms with E-state index in [9.17, 15) is 0 Å². The molecule has 0 aromatic rings. The predicted molar refractivity (Wildman–Crippen MR) is 77.2 cm³/mol. The van der Waals surface area contributed by atoms with Gasteiger partial charge in [-0.05, 0) is 6.92 Å². The molecule has 0 aromatic heterocycles. The van der Waals surface area contributed by atoms with Crippen LogP contribution in [0.5, 0.6) is 0 Å². The molecule has 0 amide bonds. The van der Waals surface area contributed by atoms with Crippen LogP contribution < -0.4 is 0 Å². The highest BCUT2D eigenvalue weighted by Crippen LogP contribution is 1.56. The molecule has 0 aliphatic rings. The van der Waals surface area contributed by atoms with Crippen molar-refractivity contribution in [2.24, 2.45) is 0 Å². The van der Waals surface area contributed by atoms with E-state index < -0.39 is 0 Å². The number of hydrogen-bond donors (Lipinski definition) is 0. The van der Waals surface area contributed by atoms with Gasteiger partial charge in [0.2, 0.25) is 0 Å². The summed E-state index contributed by atoms with van der Waals surface area (Å²) in [4.78, 5) is 0. The molecule has 0 aromatic carbocycles.